The molecule has 0 radical (unpaired) electrons. The number of terminal acetylenes is 1. The lowest BCUT2D eigenvalue weighted by atomic mass is 9.81. The molecule has 0 aliphatic carbocycles. The van der Waals surface area contributed by atoms with Crippen molar-refractivity contribution in [2.45, 2.75) is 80.9 Å². The molecule has 50 heavy (non-hydrogen) atoms. The van der Waals surface area contributed by atoms with Crippen molar-refractivity contribution < 1.29 is 35.3 Å². The summed E-state index contributed by atoms with van der Waals surface area (Å²) in [5.74, 6) is 2.32. The molecule has 0 bridgehead atoms. The van der Waals surface area contributed by atoms with E-state index in [0.29, 0.717) is 25.9 Å². The maximum atomic E-state index is 12.0. The molecule has 4 rings (SSSR count). The zero-order valence-corrected chi connectivity index (χ0v) is 30.8. The molecule has 1 amide bonds. The predicted octanol–water partition coefficient (Wildman–Crippen LogP) is 6.24. The Bertz CT molecular complexity index is 2060. The maximum absolute atomic E-state index is 12.0. The summed E-state index contributed by atoms with van der Waals surface area (Å²) in [4.78, 5) is 13.8. The number of unbranched alkanes of at least 4 members (excludes halogenated alkanes) is 2. The molecule has 2 heterocycles. The first kappa shape index (κ1) is 38.5. The number of allylic oxidation sites excluding steroid dienone is 8. The third-order valence-electron chi connectivity index (χ3n) is 9.26. The van der Waals surface area contributed by atoms with Crippen molar-refractivity contribution in [2.75, 3.05) is 24.5 Å². The highest BCUT2D eigenvalue weighted by Gasteiger charge is 2.45. The van der Waals surface area contributed by atoms with Gasteiger partial charge in [0, 0.05) is 53.9 Å². The smallest absolute Gasteiger partial charge is 0.294 e. The first-order valence-corrected chi connectivity index (χ1v) is 19.4. The van der Waals surface area contributed by atoms with E-state index < -0.39 is 31.1 Å². The summed E-state index contributed by atoms with van der Waals surface area (Å²) < 4.78 is 69.0. The monoisotopic (exact) mass is 720 g/mol. The highest BCUT2D eigenvalue weighted by molar-refractivity contribution is 7.86. The lowest BCUT2D eigenvalue weighted by molar-refractivity contribution is -0.438. The Labute approximate surface area is 296 Å². The average molecular weight is 721 g/mol. The van der Waals surface area contributed by atoms with Crippen LogP contribution in [0.1, 0.15) is 71.4 Å². The van der Waals surface area contributed by atoms with E-state index in [1.165, 1.54) is 24.3 Å². The van der Waals surface area contributed by atoms with E-state index in [-0.39, 0.29) is 22.2 Å². The van der Waals surface area contributed by atoms with Crippen LogP contribution in [-0.2, 0) is 35.9 Å². The van der Waals surface area contributed by atoms with Crippen molar-refractivity contribution in [3.05, 3.63) is 95.8 Å². The van der Waals surface area contributed by atoms with Crippen molar-refractivity contribution in [2.24, 2.45) is 0 Å². The molecule has 266 valence electrons. The molecule has 0 unspecified atom stereocenters. The first-order chi connectivity index (χ1) is 23.4. The molecule has 0 saturated heterocycles. The molecule has 0 saturated carbocycles. The Balaban J connectivity index is 1.53. The Morgan fingerprint density at radius 1 is 0.880 bits per heavy atom. The fourth-order valence-corrected chi connectivity index (χ4v) is 7.68. The fraction of sp³-hybridized carbons (Fsp3) is 0.368. The minimum Gasteiger partial charge on any atom is -0.345 e. The van der Waals surface area contributed by atoms with E-state index >= 15 is 0 Å². The lowest BCUT2D eigenvalue weighted by Crippen LogP contribution is -2.28. The van der Waals surface area contributed by atoms with E-state index in [9.17, 15) is 30.7 Å². The van der Waals surface area contributed by atoms with Crippen molar-refractivity contribution in [3.63, 3.8) is 0 Å². The van der Waals surface area contributed by atoms with Gasteiger partial charge in [-0.1, -0.05) is 50.1 Å². The van der Waals surface area contributed by atoms with Crippen molar-refractivity contribution >= 4 is 43.2 Å². The highest BCUT2D eigenvalue weighted by atomic mass is 32.2. The molecule has 3 N–H and O–H groups in total. The number of rotatable bonds is 14. The summed E-state index contributed by atoms with van der Waals surface area (Å²) in [5.41, 5.74) is 4.30. The van der Waals surface area contributed by atoms with Crippen molar-refractivity contribution in [3.8, 4) is 12.3 Å². The molecule has 10 nitrogen and oxygen atoms in total. The van der Waals surface area contributed by atoms with Gasteiger partial charge in [0.1, 0.15) is 6.54 Å². The second kappa shape index (κ2) is 15.3. The topological polar surface area (TPSA) is 144 Å². The standard InChI is InChI=1S/C38H45N3O7S2/c1-7-24-39-36(42)19-15-12-16-25-41-33-23-21-29(50(46,47)48)27-31(33)38(5,6)35(41)18-14-11-9-10-13-17-34-37(3,4)30-26-28(49(43,44)45)20-22-32(30)40(34)8-2/h1,9-11,13-14,17-18,20-23,26-27H,8,12,15-16,19,24-25H2,2-6H3,(H2-,39,42,43,44,45,46,47,48)/p+1. The number of anilines is 1. The van der Waals surface area contributed by atoms with Gasteiger partial charge in [0.15, 0.2) is 5.71 Å². The van der Waals surface area contributed by atoms with Crippen LogP contribution in [-0.4, -0.2) is 61.8 Å². The van der Waals surface area contributed by atoms with Crippen LogP contribution < -0.4 is 10.2 Å². The Hall–Kier alpha value is -4.28. The van der Waals surface area contributed by atoms with Crippen LogP contribution in [0.15, 0.2) is 94.4 Å². The zero-order valence-electron chi connectivity index (χ0n) is 29.2. The van der Waals surface area contributed by atoms with Gasteiger partial charge in [0.2, 0.25) is 11.6 Å². The van der Waals surface area contributed by atoms with Crippen LogP contribution in [0.25, 0.3) is 0 Å². The predicted molar refractivity (Wildman–Crippen MR) is 197 cm³/mol. The molecular formula is C38H46N3O7S2+. The number of amides is 1. The van der Waals surface area contributed by atoms with Crippen molar-refractivity contribution in [1.29, 1.82) is 0 Å². The Morgan fingerprint density at radius 2 is 1.50 bits per heavy atom. The number of hydrogen-bond acceptors (Lipinski definition) is 6. The molecule has 2 aliphatic rings. The number of carbonyl (C=O) groups is 1. The minimum absolute atomic E-state index is 0.0745. The van der Waals surface area contributed by atoms with E-state index in [2.05, 4.69) is 20.7 Å². The first-order valence-electron chi connectivity index (χ1n) is 16.5. The van der Waals surface area contributed by atoms with Gasteiger partial charge in [-0.3, -0.25) is 13.9 Å². The van der Waals surface area contributed by atoms with E-state index in [4.69, 9.17) is 6.42 Å². The SMILES string of the molecule is C#CCNC(=O)CCCCC[N+]1=C(C=CC=CC=CC=C2N(CC)c3ccc(S(=O)(=O)O)cc3C2(C)C)C(C)(C)c2cc(S(=O)(=O)O)ccc21. The molecule has 0 aromatic heterocycles. The summed E-state index contributed by atoms with van der Waals surface area (Å²) in [6.07, 6.45) is 21.5. The third kappa shape index (κ3) is 8.36. The molecule has 0 fully saturated rings. The van der Waals surface area contributed by atoms with Crippen LogP contribution in [0, 0.1) is 12.3 Å². The number of benzene rings is 2. The largest absolute Gasteiger partial charge is 0.345 e. The molecule has 12 heteroatoms. The maximum Gasteiger partial charge on any atom is 0.294 e. The molecule has 0 spiro atoms. The molecule has 2 aliphatic heterocycles. The molecule has 0 atom stereocenters. The second-order valence-corrected chi connectivity index (χ2v) is 16.2. The summed E-state index contributed by atoms with van der Waals surface area (Å²) in [6.45, 7) is 11.7. The van der Waals surface area contributed by atoms with Crippen molar-refractivity contribution in [1.82, 2.24) is 5.32 Å². The van der Waals surface area contributed by atoms with Gasteiger partial charge in [0.05, 0.1) is 21.8 Å². The van der Waals surface area contributed by atoms with Crippen LogP contribution in [0.5, 0.6) is 0 Å². The van der Waals surface area contributed by atoms with E-state index in [1.807, 2.05) is 77.2 Å². The van der Waals surface area contributed by atoms with Gasteiger partial charge in [-0.25, -0.2) is 0 Å². The number of nitrogens with zero attached hydrogens (tertiary/aromatic N) is 2. The van der Waals surface area contributed by atoms with Gasteiger partial charge < -0.3 is 10.2 Å². The summed E-state index contributed by atoms with van der Waals surface area (Å²) in [7, 11) is -8.70. The highest BCUT2D eigenvalue weighted by Crippen LogP contribution is 2.48. The summed E-state index contributed by atoms with van der Waals surface area (Å²) in [6, 6.07) is 9.36. The number of nitrogens with one attached hydrogen (secondary N) is 1. The number of likely N-dealkylation sites (N-methyl/N-ethyl adjacent to an activating group) is 1. The summed E-state index contributed by atoms with van der Waals surface area (Å²) in [5, 5.41) is 2.68. The second-order valence-electron chi connectivity index (χ2n) is 13.3. The Morgan fingerprint density at radius 3 is 2.14 bits per heavy atom. The summed E-state index contributed by atoms with van der Waals surface area (Å²) >= 11 is 0. The minimum atomic E-state index is -4.38. The Kier molecular flexibility index (Phi) is 11.8. The zero-order chi connectivity index (χ0) is 36.9. The van der Waals surface area contributed by atoms with E-state index in [1.54, 1.807) is 12.1 Å². The third-order valence-corrected chi connectivity index (χ3v) is 11.0. The average Bonchev–Trinajstić information content (AvgIpc) is 3.39. The van der Waals surface area contributed by atoms with Crippen LogP contribution >= 0.6 is 0 Å². The number of fused-ring (bicyclic) bond motifs is 2. The van der Waals surface area contributed by atoms with Gasteiger partial charge in [-0.2, -0.15) is 21.4 Å². The molecule has 2 aromatic carbocycles. The van der Waals surface area contributed by atoms with Crippen LogP contribution in [0.2, 0.25) is 0 Å². The van der Waals surface area contributed by atoms with Gasteiger partial charge >= 0.3 is 0 Å². The normalized spacial score (nSPS) is 17.6. The molecular weight excluding hydrogens is 675 g/mol. The van der Waals surface area contributed by atoms with Gasteiger partial charge in [0.25, 0.3) is 20.2 Å². The number of carbonyl (C=O) groups excluding carboxylic acids is 1. The van der Waals surface area contributed by atoms with Crippen LogP contribution in [0.4, 0.5) is 11.4 Å². The van der Waals surface area contributed by atoms with Gasteiger partial charge in [-0.15, -0.1) is 6.42 Å². The van der Waals surface area contributed by atoms with E-state index in [0.717, 1.165) is 46.8 Å². The molecule has 2 aromatic rings. The van der Waals surface area contributed by atoms with Crippen LogP contribution in [0.3, 0.4) is 0 Å². The van der Waals surface area contributed by atoms with Gasteiger partial charge in [-0.05, 0) is 75.6 Å². The lowest BCUT2D eigenvalue weighted by Gasteiger charge is -2.25. The number of hydrogen-bond donors (Lipinski definition) is 3. The fourth-order valence-electron chi connectivity index (χ4n) is 6.67. The quantitative estimate of drug-likeness (QED) is 0.0685.